The summed E-state index contributed by atoms with van der Waals surface area (Å²) in [6, 6.07) is 8.22. The average molecular weight is 500 g/mol. The molecule has 0 saturated carbocycles. The Bertz CT molecular complexity index is 906. The van der Waals surface area contributed by atoms with Gasteiger partial charge in [0.15, 0.2) is 5.96 Å². The fourth-order valence-electron chi connectivity index (χ4n) is 2.92. The van der Waals surface area contributed by atoms with E-state index in [1.54, 1.807) is 25.1 Å². The summed E-state index contributed by atoms with van der Waals surface area (Å²) in [7, 11) is 0. The molecule has 1 atom stereocenters. The van der Waals surface area contributed by atoms with E-state index in [0.29, 0.717) is 24.8 Å². The van der Waals surface area contributed by atoms with Gasteiger partial charge >= 0.3 is 0 Å². The van der Waals surface area contributed by atoms with E-state index >= 15 is 0 Å². The Labute approximate surface area is 180 Å². The van der Waals surface area contributed by atoms with Gasteiger partial charge in [0.25, 0.3) is 0 Å². The second kappa shape index (κ2) is 9.92. The first-order valence-electron chi connectivity index (χ1n) is 9.03. The van der Waals surface area contributed by atoms with Gasteiger partial charge in [-0.25, -0.2) is 9.38 Å². The summed E-state index contributed by atoms with van der Waals surface area (Å²) in [5.74, 6) is 0.850. The van der Waals surface area contributed by atoms with Gasteiger partial charge in [0.2, 0.25) is 0 Å². The molecule has 0 spiro atoms. The monoisotopic (exact) mass is 500 g/mol. The Morgan fingerprint density at radius 3 is 2.86 bits per heavy atom. The Morgan fingerprint density at radius 1 is 1.32 bits per heavy atom. The number of nitrogens with zero attached hydrogens (tertiary/aromatic N) is 1. The van der Waals surface area contributed by atoms with Crippen molar-refractivity contribution < 1.29 is 13.9 Å². The van der Waals surface area contributed by atoms with Gasteiger partial charge in [-0.05, 0) is 56.2 Å². The van der Waals surface area contributed by atoms with Crippen molar-refractivity contribution >= 4 is 40.8 Å². The molecular formula is C20H26FIN4O2. The molecule has 0 fully saturated rings. The van der Waals surface area contributed by atoms with Crippen LogP contribution >= 0.6 is 24.0 Å². The molecule has 4 N–H and O–H groups in total. The highest BCUT2D eigenvalue weighted by Gasteiger charge is 2.26. The van der Waals surface area contributed by atoms with Gasteiger partial charge in [-0.15, -0.1) is 24.0 Å². The van der Waals surface area contributed by atoms with Crippen molar-refractivity contribution in [1.82, 2.24) is 15.6 Å². The lowest BCUT2D eigenvalue weighted by molar-refractivity contribution is 0.0437. The van der Waals surface area contributed by atoms with E-state index in [9.17, 15) is 9.50 Å². The predicted octanol–water partition coefficient (Wildman–Crippen LogP) is 3.52. The van der Waals surface area contributed by atoms with Crippen LogP contribution in [0.3, 0.4) is 0 Å². The molecule has 1 unspecified atom stereocenters. The molecule has 28 heavy (non-hydrogen) atoms. The van der Waals surface area contributed by atoms with Crippen LogP contribution in [0.2, 0.25) is 0 Å². The molecule has 0 aliphatic rings. The van der Waals surface area contributed by atoms with Crippen LogP contribution in [0, 0.1) is 5.82 Å². The third kappa shape index (κ3) is 5.48. The van der Waals surface area contributed by atoms with Gasteiger partial charge in [0.1, 0.15) is 17.2 Å². The summed E-state index contributed by atoms with van der Waals surface area (Å²) >= 11 is 0. The number of hydrogen-bond acceptors (Lipinski definition) is 3. The normalized spacial score (nSPS) is 13.8. The molecule has 8 heteroatoms. The SMILES string of the molecule is CCNC(=NCC(C)(O)c1ccco1)NCCc1c[nH]c2cc(F)ccc12.I. The van der Waals surface area contributed by atoms with E-state index in [0.717, 1.165) is 22.9 Å². The number of H-pyrrole nitrogens is 1. The summed E-state index contributed by atoms with van der Waals surface area (Å²) in [4.78, 5) is 7.56. The number of benzene rings is 1. The summed E-state index contributed by atoms with van der Waals surface area (Å²) in [5.41, 5.74) is 0.725. The number of guanidine groups is 1. The van der Waals surface area contributed by atoms with Crippen LogP contribution in [0.15, 0.2) is 52.2 Å². The van der Waals surface area contributed by atoms with Gasteiger partial charge in [-0.1, -0.05) is 0 Å². The maximum absolute atomic E-state index is 13.3. The van der Waals surface area contributed by atoms with Gasteiger partial charge in [-0.2, -0.15) is 0 Å². The largest absolute Gasteiger partial charge is 0.466 e. The van der Waals surface area contributed by atoms with Gasteiger partial charge < -0.3 is 25.1 Å². The maximum Gasteiger partial charge on any atom is 0.191 e. The Balaban J connectivity index is 0.00000280. The molecule has 0 radical (unpaired) electrons. The molecule has 152 valence electrons. The van der Waals surface area contributed by atoms with Crippen molar-refractivity contribution in [1.29, 1.82) is 0 Å². The van der Waals surface area contributed by atoms with Gasteiger partial charge in [0, 0.05) is 30.2 Å². The summed E-state index contributed by atoms with van der Waals surface area (Å²) in [6.45, 7) is 5.18. The summed E-state index contributed by atoms with van der Waals surface area (Å²) in [5, 5.41) is 18.0. The van der Waals surface area contributed by atoms with Crippen LogP contribution in [0.1, 0.15) is 25.2 Å². The quantitative estimate of drug-likeness (QED) is 0.227. The third-order valence-electron chi connectivity index (χ3n) is 4.36. The smallest absolute Gasteiger partial charge is 0.191 e. The van der Waals surface area contributed by atoms with Crippen molar-refractivity contribution in [3.63, 3.8) is 0 Å². The highest BCUT2D eigenvalue weighted by Crippen LogP contribution is 2.21. The molecule has 3 rings (SSSR count). The number of halogens is 2. The van der Waals surface area contributed by atoms with Gasteiger partial charge in [-0.3, -0.25) is 0 Å². The van der Waals surface area contributed by atoms with Crippen LogP contribution in [-0.4, -0.2) is 35.7 Å². The molecule has 0 bridgehead atoms. The summed E-state index contributed by atoms with van der Waals surface area (Å²) < 4.78 is 18.6. The summed E-state index contributed by atoms with van der Waals surface area (Å²) in [6.07, 6.45) is 4.19. The zero-order valence-corrected chi connectivity index (χ0v) is 18.3. The number of rotatable bonds is 7. The Hall–Kier alpha value is -2.07. The Morgan fingerprint density at radius 2 is 2.14 bits per heavy atom. The van der Waals surface area contributed by atoms with E-state index in [4.69, 9.17) is 4.42 Å². The maximum atomic E-state index is 13.3. The minimum Gasteiger partial charge on any atom is -0.466 e. The van der Waals surface area contributed by atoms with Crippen molar-refractivity contribution in [2.45, 2.75) is 25.9 Å². The topological polar surface area (TPSA) is 85.6 Å². The highest BCUT2D eigenvalue weighted by atomic mass is 127. The number of fused-ring (bicyclic) bond motifs is 1. The number of aliphatic hydroxyl groups is 1. The zero-order valence-electron chi connectivity index (χ0n) is 16.0. The highest BCUT2D eigenvalue weighted by molar-refractivity contribution is 14.0. The molecule has 1 aromatic carbocycles. The standard InChI is InChI=1S/C20H25FN4O2.HI/c1-3-22-19(25-13-20(2,26)18-5-4-10-27-18)23-9-8-14-12-24-17-11-15(21)6-7-16(14)17;/h4-7,10-12,24,26H,3,8-9,13H2,1-2H3,(H2,22,23,25);1H. The lowest BCUT2D eigenvalue weighted by Crippen LogP contribution is -2.39. The first-order valence-corrected chi connectivity index (χ1v) is 9.03. The number of aliphatic imine (C=N–C) groups is 1. The number of aromatic amines is 1. The van der Waals surface area contributed by atoms with Crippen molar-refractivity contribution in [3.8, 4) is 0 Å². The lowest BCUT2D eigenvalue weighted by atomic mass is 10.0. The van der Waals surface area contributed by atoms with Gasteiger partial charge in [0.05, 0.1) is 12.8 Å². The average Bonchev–Trinajstić information content (AvgIpc) is 3.30. The molecule has 0 aliphatic carbocycles. The fourth-order valence-corrected chi connectivity index (χ4v) is 2.92. The number of hydrogen-bond donors (Lipinski definition) is 4. The molecule has 3 aromatic rings. The number of furan rings is 1. The molecule has 2 aromatic heterocycles. The van der Waals surface area contributed by atoms with E-state index in [2.05, 4.69) is 20.6 Å². The minimum absolute atomic E-state index is 0. The second-order valence-corrected chi connectivity index (χ2v) is 6.63. The van der Waals surface area contributed by atoms with E-state index in [-0.39, 0.29) is 36.3 Å². The van der Waals surface area contributed by atoms with E-state index in [1.165, 1.54) is 18.4 Å². The van der Waals surface area contributed by atoms with Crippen molar-refractivity contribution in [2.24, 2.45) is 4.99 Å². The second-order valence-electron chi connectivity index (χ2n) is 6.63. The predicted molar refractivity (Wildman–Crippen MR) is 120 cm³/mol. The van der Waals surface area contributed by atoms with Crippen molar-refractivity contribution in [2.75, 3.05) is 19.6 Å². The molecule has 0 saturated heterocycles. The first-order chi connectivity index (χ1) is 13.0. The number of aromatic nitrogens is 1. The third-order valence-corrected chi connectivity index (χ3v) is 4.36. The minimum atomic E-state index is -1.17. The Kier molecular flexibility index (Phi) is 7.88. The van der Waals surface area contributed by atoms with E-state index < -0.39 is 5.60 Å². The van der Waals surface area contributed by atoms with Crippen LogP contribution in [-0.2, 0) is 12.0 Å². The molecule has 0 aliphatic heterocycles. The molecular weight excluding hydrogens is 474 g/mol. The fraction of sp³-hybridized carbons (Fsp3) is 0.350. The van der Waals surface area contributed by atoms with Crippen LogP contribution < -0.4 is 10.6 Å². The lowest BCUT2D eigenvalue weighted by Gasteiger charge is -2.19. The van der Waals surface area contributed by atoms with E-state index in [1.807, 2.05) is 13.1 Å². The van der Waals surface area contributed by atoms with Crippen molar-refractivity contribution in [3.05, 3.63) is 59.9 Å². The van der Waals surface area contributed by atoms with Crippen LogP contribution in [0.5, 0.6) is 0 Å². The molecule has 2 heterocycles. The first kappa shape index (κ1) is 22.2. The molecule has 0 amide bonds. The number of nitrogens with one attached hydrogen (secondary N) is 3. The van der Waals surface area contributed by atoms with Crippen LogP contribution in [0.25, 0.3) is 10.9 Å². The molecule has 6 nitrogen and oxygen atoms in total. The van der Waals surface area contributed by atoms with Crippen LogP contribution in [0.4, 0.5) is 4.39 Å². The zero-order chi connectivity index (χ0) is 19.3.